The summed E-state index contributed by atoms with van der Waals surface area (Å²) >= 11 is 0. The van der Waals surface area contributed by atoms with Gasteiger partial charge in [0.05, 0.1) is 6.42 Å². The summed E-state index contributed by atoms with van der Waals surface area (Å²) < 4.78 is 45.1. The van der Waals surface area contributed by atoms with Crippen LogP contribution in [0.15, 0.2) is 0 Å². The Kier molecular flexibility index (Phi) is 3.97. The summed E-state index contributed by atoms with van der Waals surface area (Å²) in [5.74, 6) is 0. The van der Waals surface area contributed by atoms with E-state index in [1.54, 1.807) is 0 Å². The first-order chi connectivity index (χ1) is 4.87. The van der Waals surface area contributed by atoms with Crippen LogP contribution in [-0.4, -0.2) is 16.7 Å². The highest BCUT2D eigenvalue weighted by atomic mass is 31.1. The molecule has 2 atom stereocenters. The Morgan fingerprint density at radius 1 is 1.55 bits per heavy atom. The van der Waals surface area contributed by atoms with E-state index < -0.39 is 26.3 Å². The van der Waals surface area contributed by atoms with Gasteiger partial charge in [0, 0.05) is 0 Å². The molecule has 0 aromatic carbocycles. The van der Waals surface area contributed by atoms with Crippen molar-refractivity contribution in [1.29, 1.82) is 0 Å². The molecule has 0 amide bonds. The van der Waals surface area contributed by atoms with Crippen LogP contribution in [0.1, 0.15) is 19.8 Å². The topological polar surface area (TPSA) is 37.3 Å². The predicted molar refractivity (Wildman–Crippen MR) is 34.6 cm³/mol. The number of halogens is 3. The van der Waals surface area contributed by atoms with Gasteiger partial charge in [-0.1, -0.05) is 6.92 Å². The molecule has 0 saturated carbocycles. The van der Waals surface area contributed by atoms with Crippen molar-refractivity contribution in [3.05, 3.63) is 0 Å². The second-order valence-corrected chi connectivity index (χ2v) is 3.52. The zero-order valence-corrected chi connectivity index (χ0v) is 6.82. The van der Waals surface area contributed by atoms with Gasteiger partial charge in [0.2, 0.25) is 0 Å². The van der Waals surface area contributed by atoms with Crippen molar-refractivity contribution in [3.8, 4) is 0 Å². The molecule has 0 radical (unpaired) electrons. The monoisotopic (exact) mass is 189 g/mol. The van der Waals surface area contributed by atoms with Crippen LogP contribution >= 0.6 is 8.03 Å². The van der Waals surface area contributed by atoms with Crippen molar-refractivity contribution in [3.63, 3.8) is 0 Å². The third kappa shape index (κ3) is 5.16. The predicted octanol–water partition coefficient (Wildman–Crippen LogP) is 2.45. The highest BCUT2D eigenvalue weighted by Gasteiger charge is 2.40. The zero-order chi connectivity index (χ0) is 9.07. The van der Waals surface area contributed by atoms with E-state index in [1.807, 2.05) is 0 Å². The molecule has 0 aliphatic carbocycles. The van der Waals surface area contributed by atoms with Crippen molar-refractivity contribution in [2.45, 2.75) is 31.6 Å². The Balaban J connectivity index is 3.99. The van der Waals surface area contributed by atoms with Gasteiger partial charge in [0.1, 0.15) is 0 Å². The first kappa shape index (κ1) is 10.8. The first-order valence-electron chi connectivity index (χ1n) is 3.08. The SMILES string of the molecule is CCC(CC(F)(F)F)[P+](=O)O. The van der Waals surface area contributed by atoms with Crippen LogP contribution in [0, 0.1) is 0 Å². The van der Waals surface area contributed by atoms with E-state index in [2.05, 4.69) is 0 Å². The van der Waals surface area contributed by atoms with E-state index in [4.69, 9.17) is 4.89 Å². The van der Waals surface area contributed by atoms with Gasteiger partial charge in [-0.3, -0.25) is 0 Å². The molecule has 0 spiro atoms. The van der Waals surface area contributed by atoms with Crippen molar-refractivity contribution in [2.24, 2.45) is 0 Å². The lowest BCUT2D eigenvalue weighted by Gasteiger charge is -2.05. The lowest BCUT2D eigenvalue weighted by molar-refractivity contribution is -0.134. The van der Waals surface area contributed by atoms with Crippen molar-refractivity contribution < 1.29 is 22.6 Å². The molecule has 0 heterocycles. The van der Waals surface area contributed by atoms with E-state index in [-0.39, 0.29) is 6.42 Å². The van der Waals surface area contributed by atoms with E-state index in [1.165, 1.54) is 6.92 Å². The van der Waals surface area contributed by atoms with Gasteiger partial charge >= 0.3 is 14.2 Å². The van der Waals surface area contributed by atoms with Crippen LogP contribution in [0.3, 0.4) is 0 Å². The highest BCUT2D eigenvalue weighted by molar-refractivity contribution is 7.38. The first-order valence-corrected chi connectivity index (χ1v) is 4.37. The fourth-order valence-electron chi connectivity index (χ4n) is 0.646. The Morgan fingerprint density at radius 2 is 2.00 bits per heavy atom. The molecule has 0 rings (SSSR count). The summed E-state index contributed by atoms with van der Waals surface area (Å²) in [6.07, 6.45) is -5.44. The molecule has 0 aromatic heterocycles. The molecular formula is C5H9F3O2P+. The molecule has 0 saturated heterocycles. The quantitative estimate of drug-likeness (QED) is 0.692. The van der Waals surface area contributed by atoms with Crippen molar-refractivity contribution in [2.75, 3.05) is 0 Å². The van der Waals surface area contributed by atoms with Gasteiger partial charge in [-0.2, -0.15) is 18.1 Å². The summed E-state index contributed by atoms with van der Waals surface area (Å²) in [5, 5.41) is 0. The maximum absolute atomic E-state index is 11.6. The number of rotatable bonds is 3. The molecule has 0 bridgehead atoms. The summed E-state index contributed by atoms with van der Waals surface area (Å²) in [4.78, 5) is 8.38. The molecule has 1 N–H and O–H groups in total. The average molecular weight is 189 g/mol. The molecule has 11 heavy (non-hydrogen) atoms. The van der Waals surface area contributed by atoms with E-state index in [0.29, 0.717) is 0 Å². The van der Waals surface area contributed by atoms with Crippen LogP contribution in [0.4, 0.5) is 13.2 Å². The maximum Gasteiger partial charge on any atom is 0.509 e. The van der Waals surface area contributed by atoms with Gasteiger partial charge in [-0.15, -0.1) is 0 Å². The molecule has 0 aromatic rings. The molecule has 2 nitrogen and oxygen atoms in total. The molecule has 0 aliphatic heterocycles. The summed E-state index contributed by atoms with van der Waals surface area (Å²) in [6.45, 7) is 1.46. The summed E-state index contributed by atoms with van der Waals surface area (Å²) in [5.41, 5.74) is -1.15. The molecule has 0 aliphatic rings. The molecule has 66 valence electrons. The lowest BCUT2D eigenvalue weighted by Crippen LogP contribution is -2.16. The standard InChI is InChI=1S/C5H8F3O2P/c1-2-4(11(9)10)3-5(6,7)8/h4H,2-3H2,1H3/p+1. The second-order valence-electron chi connectivity index (χ2n) is 2.18. The van der Waals surface area contributed by atoms with E-state index in [0.717, 1.165) is 0 Å². The molecule has 0 fully saturated rings. The normalized spacial score (nSPS) is 16.3. The minimum atomic E-state index is -4.34. The molecule has 2 unspecified atom stereocenters. The van der Waals surface area contributed by atoms with Crippen LogP contribution in [-0.2, 0) is 4.57 Å². The smallest absolute Gasteiger partial charge is 0.171 e. The summed E-state index contributed by atoms with van der Waals surface area (Å²) in [7, 11) is -2.70. The molecular weight excluding hydrogens is 180 g/mol. The summed E-state index contributed by atoms with van der Waals surface area (Å²) in [6, 6.07) is 0. The minimum absolute atomic E-state index is 0.0746. The molecule has 6 heteroatoms. The maximum atomic E-state index is 11.6. The van der Waals surface area contributed by atoms with Gasteiger partial charge in [0.15, 0.2) is 5.66 Å². The van der Waals surface area contributed by atoms with Gasteiger partial charge in [0.25, 0.3) is 0 Å². The largest absolute Gasteiger partial charge is 0.509 e. The number of hydrogen-bond acceptors (Lipinski definition) is 1. The average Bonchev–Trinajstić information content (AvgIpc) is 1.80. The lowest BCUT2D eigenvalue weighted by atomic mass is 10.2. The fraction of sp³-hybridized carbons (Fsp3) is 1.00. The fourth-order valence-corrected chi connectivity index (χ4v) is 1.32. The van der Waals surface area contributed by atoms with Gasteiger partial charge in [-0.05, 0) is 11.0 Å². The van der Waals surface area contributed by atoms with Gasteiger partial charge in [-0.25, -0.2) is 0 Å². The minimum Gasteiger partial charge on any atom is -0.171 e. The number of hydrogen-bond donors (Lipinski definition) is 1. The van der Waals surface area contributed by atoms with Crippen LogP contribution in [0.2, 0.25) is 0 Å². The third-order valence-corrected chi connectivity index (χ3v) is 2.42. The Morgan fingerprint density at radius 3 is 2.09 bits per heavy atom. The van der Waals surface area contributed by atoms with Crippen molar-refractivity contribution >= 4 is 8.03 Å². The Bertz CT molecular complexity index is 145. The van der Waals surface area contributed by atoms with Crippen LogP contribution in [0.5, 0.6) is 0 Å². The van der Waals surface area contributed by atoms with Crippen molar-refractivity contribution in [1.82, 2.24) is 0 Å². The Labute approximate surface area is 63.3 Å². The number of alkyl halides is 3. The highest BCUT2D eigenvalue weighted by Crippen LogP contribution is 2.35. The van der Waals surface area contributed by atoms with Crippen LogP contribution in [0.25, 0.3) is 0 Å². The van der Waals surface area contributed by atoms with Crippen LogP contribution < -0.4 is 0 Å². The van der Waals surface area contributed by atoms with E-state index >= 15 is 0 Å². The Hall–Kier alpha value is -0.150. The second kappa shape index (κ2) is 4.02. The van der Waals surface area contributed by atoms with E-state index in [9.17, 15) is 17.7 Å². The third-order valence-electron chi connectivity index (χ3n) is 1.25. The zero-order valence-electron chi connectivity index (χ0n) is 5.93. The van der Waals surface area contributed by atoms with Gasteiger partial charge < -0.3 is 0 Å².